The number of rotatable bonds is 4. The number of Topliss-reactive ketones (excluding diaryl/α,β-unsaturated/α-hetero) is 1. The van der Waals surface area contributed by atoms with E-state index in [4.69, 9.17) is 4.74 Å². The number of carbonyl (C=O) groups excluding carboxylic acids is 2. The minimum Gasteiger partial charge on any atom is -0.507 e. The van der Waals surface area contributed by atoms with Crippen LogP contribution in [0.2, 0.25) is 0 Å². The number of benzene rings is 1. The third-order valence-corrected chi connectivity index (χ3v) is 2.74. The lowest BCUT2D eigenvalue weighted by atomic mass is 10.0. The van der Waals surface area contributed by atoms with Crippen molar-refractivity contribution in [1.29, 1.82) is 0 Å². The fourth-order valence-electron chi connectivity index (χ4n) is 1.56. The number of ketones is 1. The second-order valence-corrected chi connectivity index (χ2v) is 3.77. The summed E-state index contributed by atoms with van der Waals surface area (Å²) in [6.45, 7) is 5.11. The molecular formula is C13H16O5. The van der Waals surface area contributed by atoms with Crippen LogP contribution >= 0.6 is 0 Å². The van der Waals surface area contributed by atoms with Crippen LogP contribution in [0.3, 0.4) is 0 Å². The minimum absolute atomic E-state index is 0.103. The molecule has 0 fully saturated rings. The second-order valence-electron chi connectivity index (χ2n) is 3.77. The first-order chi connectivity index (χ1) is 8.43. The van der Waals surface area contributed by atoms with Gasteiger partial charge in [0.05, 0.1) is 19.3 Å². The zero-order chi connectivity index (χ0) is 13.9. The summed E-state index contributed by atoms with van der Waals surface area (Å²) in [7, 11) is 1.46. The Balaban J connectivity index is 3.29. The molecule has 1 rings (SSSR count). The highest BCUT2D eigenvalue weighted by Gasteiger charge is 2.24. The predicted octanol–water partition coefficient (Wildman–Crippen LogP) is 1.76. The summed E-state index contributed by atoms with van der Waals surface area (Å²) in [6, 6.07) is 1.34. The van der Waals surface area contributed by atoms with Crippen LogP contribution in [-0.2, 0) is 9.53 Å². The Morgan fingerprint density at radius 3 is 2.39 bits per heavy atom. The first-order valence-electron chi connectivity index (χ1n) is 5.52. The molecule has 0 spiro atoms. The number of esters is 1. The predicted molar refractivity (Wildman–Crippen MR) is 65.1 cm³/mol. The van der Waals surface area contributed by atoms with E-state index in [0.717, 1.165) is 5.56 Å². The molecule has 0 aliphatic carbocycles. The third-order valence-electron chi connectivity index (χ3n) is 2.74. The Morgan fingerprint density at radius 1 is 1.28 bits per heavy atom. The van der Waals surface area contributed by atoms with Crippen LogP contribution in [-0.4, -0.2) is 30.6 Å². The molecule has 1 aromatic carbocycles. The first-order valence-corrected chi connectivity index (χ1v) is 5.52. The molecule has 0 heterocycles. The van der Waals surface area contributed by atoms with Crippen molar-refractivity contribution in [3.8, 4) is 11.5 Å². The molecule has 18 heavy (non-hydrogen) atoms. The number of hydrogen-bond donors (Lipinski definition) is 1. The van der Waals surface area contributed by atoms with E-state index < -0.39 is 11.8 Å². The molecule has 0 unspecified atom stereocenters. The highest BCUT2D eigenvalue weighted by molar-refractivity contribution is 6.41. The molecular weight excluding hydrogens is 236 g/mol. The molecule has 1 aromatic rings. The molecule has 0 bridgehead atoms. The van der Waals surface area contributed by atoms with Gasteiger partial charge in [-0.15, -0.1) is 0 Å². The van der Waals surface area contributed by atoms with Gasteiger partial charge in [0, 0.05) is 0 Å². The number of hydrogen-bond acceptors (Lipinski definition) is 5. The van der Waals surface area contributed by atoms with E-state index in [1.807, 2.05) is 0 Å². The van der Waals surface area contributed by atoms with Crippen molar-refractivity contribution in [2.45, 2.75) is 20.8 Å². The van der Waals surface area contributed by atoms with E-state index in [1.165, 1.54) is 13.2 Å². The monoisotopic (exact) mass is 252 g/mol. The SMILES string of the molecule is CCOC(=O)C(=O)c1cc(OC)c(C)c(C)c1O. The molecule has 5 heteroatoms. The Bertz CT molecular complexity index is 491. The highest BCUT2D eigenvalue weighted by Crippen LogP contribution is 2.32. The molecule has 0 atom stereocenters. The first kappa shape index (κ1) is 14.0. The molecule has 0 saturated heterocycles. The van der Waals surface area contributed by atoms with Gasteiger partial charge < -0.3 is 14.6 Å². The topological polar surface area (TPSA) is 72.8 Å². The van der Waals surface area contributed by atoms with Crippen LogP contribution in [0.15, 0.2) is 6.07 Å². The van der Waals surface area contributed by atoms with E-state index in [2.05, 4.69) is 4.74 Å². The van der Waals surface area contributed by atoms with Gasteiger partial charge in [0.15, 0.2) is 0 Å². The molecule has 1 N–H and O–H groups in total. The fraction of sp³-hybridized carbons (Fsp3) is 0.385. The van der Waals surface area contributed by atoms with Gasteiger partial charge in [-0.2, -0.15) is 0 Å². The van der Waals surface area contributed by atoms with Crippen molar-refractivity contribution in [1.82, 2.24) is 0 Å². The Hall–Kier alpha value is -2.04. The highest BCUT2D eigenvalue weighted by atomic mass is 16.5. The van der Waals surface area contributed by atoms with Gasteiger partial charge in [-0.3, -0.25) is 4.79 Å². The van der Waals surface area contributed by atoms with Crippen molar-refractivity contribution in [3.63, 3.8) is 0 Å². The van der Waals surface area contributed by atoms with Crippen molar-refractivity contribution >= 4 is 11.8 Å². The van der Waals surface area contributed by atoms with Crippen molar-refractivity contribution in [3.05, 3.63) is 22.8 Å². The maximum atomic E-state index is 11.8. The summed E-state index contributed by atoms with van der Waals surface area (Å²) in [5, 5.41) is 9.90. The molecule has 0 amide bonds. The molecule has 0 radical (unpaired) electrons. The van der Waals surface area contributed by atoms with E-state index in [1.54, 1.807) is 20.8 Å². The van der Waals surface area contributed by atoms with Crippen LogP contribution in [0.5, 0.6) is 11.5 Å². The maximum absolute atomic E-state index is 11.8. The summed E-state index contributed by atoms with van der Waals surface area (Å²) in [5.41, 5.74) is 1.12. The molecule has 0 saturated carbocycles. The summed E-state index contributed by atoms with van der Waals surface area (Å²) < 4.78 is 9.71. The van der Waals surface area contributed by atoms with Gasteiger partial charge in [0.25, 0.3) is 5.78 Å². The second kappa shape index (κ2) is 5.53. The average Bonchev–Trinajstić information content (AvgIpc) is 2.36. The lowest BCUT2D eigenvalue weighted by Crippen LogP contribution is -2.18. The summed E-state index contributed by atoms with van der Waals surface area (Å²) in [5.74, 6) is -1.64. The van der Waals surface area contributed by atoms with Crippen molar-refractivity contribution in [2.75, 3.05) is 13.7 Å². The van der Waals surface area contributed by atoms with Crippen molar-refractivity contribution in [2.24, 2.45) is 0 Å². The molecule has 0 aliphatic heterocycles. The average molecular weight is 252 g/mol. The lowest BCUT2D eigenvalue weighted by molar-refractivity contribution is -0.137. The van der Waals surface area contributed by atoms with Gasteiger partial charge in [0.2, 0.25) is 0 Å². The normalized spacial score (nSPS) is 10.0. The summed E-state index contributed by atoms with van der Waals surface area (Å²) >= 11 is 0. The quantitative estimate of drug-likeness (QED) is 0.502. The third kappa shape index (κ3) is 2.45. The van der Waals surface area contributed by atoms with Crippen LogP contribution in [0.1, 0.15) is 28.4 Å². The van der Waals surface area contributed by atoms with Crippen LogP contribution in [0.25, 0.3) is 0 Å². The molecule has 0 aromatic heterocycles. The minimum atomic E-state index is -0.988. The molecule has 5 nitrogen and oxygen atoms in total. The number of aromatic hydroxyl groups is 1. The zero-order valence-corrected chi connectivity index (χ0v) is 10.9. The van der Waals surface area contributed by atoms with Crippen molar-refractivity contribution < 1.29 is 24.2 Å². The van der Waals surface area contributed by atoms with Crippen LogP contribution in [0, 0.1) is 13.8 Å². The van der Waals surface area contributed by atoms with Crippen LogP contribution in [0.4, 0.5) is 0 Å². The standard InChI is InChI=1S/C13H16O5/c1-5-18-13(16)12(15)9-6-10(17-4)7(2)8(3)11(9)14/h6,14H,5H2,1-4H3. The van der Waals surface area contributed by atoms with E-state index in [9.17, 15) is 14.7 Å². The number of ether oxygens (including phenoxy) is 2. The van der Waals surface area contributed by atoms with Gasteiger partial charge in [-0.05, 0) is 38.0 Å². The fourth-order valence-corrected chi connectivity index (χ4v) is 1.56. The largest absolute Gasteiger partial charge is 0.507 e. The maximum Gasteiger partial charge on any atom is 0.379 e. The molecule has 98 valence electrons. The Morgan fingerprint density at radius 2 is 1.89 bits per heavy atom. The van der Waals surface area contributed by atoms with Gasteiger partial charge in [-0.25, -0.2) is 4.79 Å². The number of phenols is 1. The zero-order valence-electron chi connectivity index (χ0n) is 10.9. The smallest absolute Gasteiger partial charge is 0.379 e. The Labute approximate surface area is 105 Å². The Kier molecular flexibility index (Phi) is 4.31. The van der Waals surface area contributed by atoms with Gasteiger partial charge >= 0.3 is 5.97 Å². The van der Waals surface area contributed by atoms with E-state index in [0.29, 0.717) is 11.3 Å². The lowest BCUT2D eigenvalue weighted by Gasteiger charge is -2.12. The van der Waals surface area contributed by atoms with Crippen LogP contribution < -0.4 is 4.74 Å². The van der Waals surface area contributed by atoms with E-state index >= 15 is 0 Å². The number of phenolic OH excluding ortho intramolecular Hbond substituents is 1. The summed E-state index contributed by atoms with van der Waals surface area (Å²) in [6.07, 6.45) is 0. The number of methoxy groups -OCH3 is 1. The summed E-state index contributed by atoms with van der Waals surface area (Å²) in [4.78, 5) is 23.2. The van der Waals surface area contributed by atoms with Gasteiger partial charge in [0.1, 0.15) is 11.5 Å². The van der Waals surface area contributed by atoms with Gasteiger partial charge in [-0.1, -0.05) is 0 Å². The molecule has 0 aliphatic rings. The van der Waals surface area contributed by atoms with E-state index in [-0.39, 0.29) is 17.9 Å². The number of carbonyl (C=O) groups is 2.